The summed E-state index contributed by atoms with van der Waals surface area (Å²) in [5.41, 5.74) is 1.82. The van der Waals surface area contributed by atoms with Gasteiger partial charge in [0.25, 0.3) is 0 Å². The molecule has 0 saturated carbocycles. The third-order valence-corrected chi connectivity index (χ3v) is 3.68. The van der Waals surface area contributed by atoms with Crippen LogP contribution in [-0.2, 0) is 13.0 Å². The lowest BCUT2D eigenvalue weighted by atomic mass is 10.0. The van der Waals surface area contributed by atoms with Crippen molar-refractivity contribution in [2.75, 3.05) is 0 Å². The van der Waals surface area contributed by atoms with Gasteiger partial charge in [0.1, 0.15) is 5.82 Å². The third kappa shape index (κ3) is 2.81. The second-order valence-electron chi connectivity index (χ2n) is 5.17. The highest BCUT2D eigenvalue weighted by Crippen LogP contribution is 2.25. The van der Waals surface area contributed by atoms with Crippen LogP contribution in [0.4, 0.5) is 0 Å². The first-order valence-corrected chi connectivity index (χ1v) is 7.31. The van der Waals surface area contributed by atoms with Gasteiger partial charge in [0.2, 0.25) is 0 Å². The van der Waals surface area contributed by atoms with E-state index in [2.05, 4.69) is 21.5 Å². The van der Waals surface area contributed by atoms with E-state index in [-0.39, 0.29) is 0 Å². The minimum absolute atomic E-state index is 0.515. The molecule has 2 heterocycles. The topological polar surface area (TPSA) is 50.9 Å². The second kappa shape index (κ2) is 6.06. The molecule has 0 saturated heterocycles. The van der Waals surface area contributed by atoms with Crippen LogP contribution in [0.15, 0.2) is 48.9 Å². The van der Waals surface area contributed by atoms with Gasteiger partial charge in [-0.05, 0) is 24.1 Å². The fourth-order valence-electron chi connectivity index (χ4n) is 2.67. The van der Waals surface area contributed by atoms with Crippen LogP contribution in [-0.4, -0.2) is 19.6 Å². The number of pyridine rings is 1. The summed E-state index contributed by atoms with van der Waals surface area (Å²) in [6, 6.07) is 9.78. The molecule has 4 heteroatoms. The van der Waals surface area contributed by atoms with Crippen molar-refractivity contribution in [2.24, 2.45) is 0 Å². The molecule has 0 aliphatic heterocycles. The molecule has 0 amide bonds. The lowest BCUT2D eigenvalue weighted by molar-refractivity contribution is 0.176. The summed E-state index contributed by atoms with van der Waals surface area (Å²) >= 11 is 0. The Labute approximate surface area is 124 Å². The highest BCUT2D eigenvalue weighted by atomic mass is 16.3. The molecule has 0 radical (unpaired) electrons. The smallest absolute Gasteiger partial charge is 0.111 e. The van der Waals surface area contributed by atoms with Crippen LogP contribution in [0.1, 0.15) is 30.8 Å². The molecule has 4 nitrogen and oxygen atoms in total. The summed E-state index contributed by atoms with van der Waals surface area (Å²) in [7, 11) is 0. The predicted molar refractivity (Wildman–Crippen MR) is 82.9 cm³/mol. The van der Waals surface area contributed by atoms with Crippen molar-refractivity contribution in [3.8, 4) is 0 Å². The largest absolute Gasteiger partial charge is 0.388 e. The molecular formula is C17H19N3O. The van der Waals surface area contributed by atoms with Crippen molar-refractivity contribution in [1.29, 1.82) is 0 Å². The van der Waals surface area contributed by atoms with Gasteiger partial charge in [-0.15, -0.1) is 0 Å². The molecule has 3 aromatic rings. The summed E-state index contributed by atoms with van der Waals surface area (Å²) in [5, 5.41) is 11.6. The number of fused-ring (bicyclic) bond motifs is 1. The summed E-state index contributed by atoms with van der Waals surface area (Å²) in [5.74, 6) is 0.922. The van der Waals surface area contributed by atoms with E-state index in [0.717, 1.165) is 35.3 Å². The number of rotatable bonds is 5. The van der Waals surface area contributed by atoms with E-state index < -0.39 is 6.10 Å². The Kier molecular flexibility index (Phi) is 3.97. The number of nitrogens with zero attached hydrogens (tertiary/aromatic N) is 3. The third-order valence-electron chi connectivity index (χ3n) is 3.68. The van der Waals surface area contributed by atoms with Crippen LogP contribution < -0.4 is 0 Å². The van der Waals surface area contributed by atoms with E-state index in [1.165, 1.54) is 0 Å². The summed E-state index contributed by atoms with van der Waals surface area (Å²) in [4.78, 5) is 8.70. The first kappa shape index (κ1) is 13.8. The van der Waals surface area contributed by atoms with Gasteiger partial charge in [0.15, 0.2) is 0 Å². The quantitative estimate of drug-likeness (QED) is 0.781. The lowest BCUT2D eigenvalue weighted by Gasteiger charge is -2.14. The van der Waals surface area contributed by atoms with E-state index in [0.29, 0.717) is 6.42 Å². The van der Waals surface area contributed by atoms with Gasteiger partial charge in [-0.2, -0.15) is 0 Å². The molecule has 0 bridgehead atoms. The lowest BCUT2D eigenvalue weighted by Crippen LogP contribution is -2.09. The summed E-state index contributed by atoms with van der Waals surface area (Å²) < 4.78 is 2.10. The van der Waals surface area contributed by atoms with Crippen molar-refractivity contribution >= 4 is 10.9 Å². The average molecular weight is 281 g/mol. The van der Waals surface area contributed by atoms with Crippen LogP contribution in [0.5, 0.6) is 0 Å². The number of imidazole rings is 1. The monoisotopic (exact) mass is 281 g/mol. The Morgan fingerprint density at radius 1 is 1.14 bits per heavy atom. The Hall–Kier alpha value is -2.20. The van der Waals surface area contributed by atoms with Crippen molar-refractivity contribution < 1.29 is 5.11 Å². The van der Waals surface area contributed by atoms with E-state index in [4.69, 9.17) is 0 Å². The van der Waals surface area contributed by atoms with Crippen LogP contribution in [0, 0.1) is 0 Å². The Balaban J connectivity index is 1.90. The first-order valence-electron chi connectivity index (χ1n) is 7.31. The van der Waals surface area contributed by atoms with Gasteiger partial charge < -0.3 is 9.67 Å². The summed E-state index contributed by atoms with van der Waals surface area (Å²) in [6.45, 7) is 3.07. The molecule has 1 atom stereocenters. The Morgan fingerprint density at radius 2 is 2.00 bits per heavy atom. The molecule has 0 aliphatic carbocycles. The Morgan fingerprint density at radius 3 is 2.86 bits per heavy atom. The molecular weight excluding hydrogens is 262 g/mol. The SMILES string of the molecule is CCCn1ccnc1CC(O)c1ccnc2ccccc12. The zero-order valence-corrected chi connectivity index (χ0v) is 12.1. The van der Waals surface area contributed by atoms with Gasteiger partial charge in [0, 0.05) is 36.9 Å². The van der Waals surface area contributed by atoms with Crippen LogP contribution in [0.25, 0.3) is 10.9 Å². The molecule has 2 aromatic heterocycles. The first-order chi connectivity index (χ1) is 10.3. The van der Waals surface area contributed by atoms with Gasteiger partial charge >= 0.3 is 0 Å². The molecule has 0 fully saturated rings. The van der Waals surface area contributed by atoms with Crippen molar-refractivity contribution in [1.82, 2.24) is 14.5 Å². The predicted octanol–water partition coefficient (Wildman–Crippen LogP) is 3.12. The highest BCUT2D eigenvalue weighted by molar-refractivity contribution is 5.82. The van der Waals surface area contributed by atoms with Gasteiger partial charge in [-0.25, -0.2) is 4.98 Å². The zero-order chi connectivity index (χ0) is 14.7. The molecule has 0 spiro atoms. The standard InChI is InChI=1S/C17H19N3O/c1-2-10-20-11-9-19-17(20)12-16(21)14-7-8-18-15-6-4-3-5-13(14)15/h3-9,11,16,21H,2,10,12H2,1H3. The maximum absolute atomic E-state index is 10.6. The molecule has 1 unspecified atom stereocenters. The van der Waals surface area contributed by atoms with Crippen LogP contribution in [0.2, 0.25) is 0 Å². The average Bonchev–Trinajstić information content (AvgIpc) is 2.94. The molecule has 3 rings (SSSR count). The van der Waals surface area contributed by atoms with Crippen LogP contribution >= 0.6 is 0 Å². The maximum Gasteiger partial charge on any atom is 0.111 e. The maximum atomic E-state index is 10.6. The van der Waals surface area contributed by atoms with E-state index in [9.17, 15) is 5.11 Å². The molecule has 108 valence electrons. The number of aliphatic hydroxyl groups excluding tert-OH is 1. The fraction of sp³-hybridized carbons (Fsp3) is 0.294. The minimum atomic E-state index is -0.573. The van der Waals surface area contributed by atoms with Gasteiger partial charge in [-0.3, -0.25) is 4.98 Å². The number of para-hydroxylation sites is 1. The number of aromatic nitrogens is 3. The second-order valence-corrected chi connectivity index (χ2v) is 5.17. The zero-order valence-electron chi connectivity index (χ0n) is 12.1. The number of hydrogen-bond acceptors (Lipinski definition) is 3. The molecule has 21 heavy (non-hydrogen) atoms. The minimum Gasteiger partial charge on any atom is -0.388 e. The van der Waals surface area contributed by atoms with Gasteiger partial charge in [-0.1, -0.05) is 25.1 Å². The summed E-state index contributed by atoms with van der Waals surface area (Å²) in [6.07, 6.45) is 6.51. The molecule has 1 aromatic carbocycles. The fourth-order valence-corrected chi connectivity index (χ4v) is 2.67. The van der Waals surface area contributed by atoms with E-state index in [1.807, 2.05) is 36.5 Å². The number of hydrogen-bond donors (Lipinski definition) is 1. The van der Waals surface area contributed by atoms with Crippen molar-refractivity contribution in [3.63, 3.8) is 0 Å². The normalized spacial score (nSPS) is 12.7. The van der Waals surface area contributed by atoms with E-state index in [1.54, 1.807) is 12.4 Å². The van der Waals surface area contributed by atoms with E-state index >= 15 is 0 Å². The number of aliphatic hydroxyl groups is 1. The molecule has 1 N–H and O–H groups in total. The number of benzene rings is 1. The van der Waals surface area contributed by atoms with Crippen molar-refractivity contribution in [2.45, 2.75) is 32.4 Å². The van der Waals surface area contributed by atoms with Crippen LogP contribution in [0.3, 0.4) is 0 Å². The highest BCUT2D eigenvalue weighted by Gasteiger charge is 2.15. The molecule has 0 aliphatic rings. The van der Waals surface area contributed by atoms with Gasteiger partial charge in [0.05, 0.1) is 11.6 Å². The Bertz CT molecular complexity index is 730. The number of aryl methyl sites for hydroxylation is 1. The van der Waals surface area contributed by atoms with Crippen molar-refractivity contribution in [3.05, 3.63) is 60.3 Å².